The standard InChI is InChI=1S/C28H31ClN2O6S/c1-16-13-25(17(2)12-23(16)29)38(34,35)31-22-9-7-8-20(14-22)21-10-18(3)26(19(4)11-21)27(32)30-24(15-36-5)28(33)37-6/h7-14,24,31H,15H2,1-6H3,(H,30,32)/t24-/m0/s1. The van der Waals surface area contributed by atoms with Gasteiger partial charge in [0.15, 0.2) is 6.04 Å². The summed E-state index contributed by atoms with van der Waals surface area (Å²) in [6.07, 6.45) is 0. The van der Waals surface area contributed by atoms with Crippen molar-refractivity contribution < 1.29 is 27.5 Å². The highest BCUT2D eigenvalue weighted by Gasteiger charge is 2.24. The first kappa shape index (κ1) is 29.2. The van der Waals surface area contributed by atoms with Gasteiger partial charge in [-0.2, -0.15) is 0 Å². The minimum Gasteiger partial charge on any atom is -0.467 e. The van der Waals surface area contributed by atoms with Crippen molar-refractivity contribution in [1.82, 2.24) is 5.32 Å². The summed E-state index contributed by atoms with van der Waals surface area (Å²) >= 11 is 6.13. The number of sulfonamides is 1. The number of anilines is 1. The zero-order valence-electron chi connectivity index (χ0n) is 22.1. The predicted molar refractivity (Wildman–Crippen MR) is 148 cm³/mol. The molecule has 0 spiro atoms. The molecule has 8 nitrogen and oxygen atoms in total. The van der Waals surface area contributed by atoms with Gasteiger partial charge in [0.2, 0.25) is 0 Å². The summed E-state index contributed by atoms with van der Waals surface area (Å²) < 4.78 is 38.7. The molecular weight excluding hydrogens is 528 g/mol. The van der Waals surface area contributed by atoms with Crippen molar-refractivity contribution in [1.29, 1.82) is 0 Å². The Bertz CT molecular complexity index is 1460. The van der Waals surface area contributed by atoms with Crippen LogP contribution >= 0.6 is 11.6 Å². The lowest BCUT2D eigenvalue weighted by atomic mass is 9.95. The maximum atomic E-state index is 13.1. The molecule has 10 heteroatoms. The average molecular weight is 559 g/mol. The van der Waals surface area contributed by atoms with Gasteiger partial charge >= 0.3 is 5.97 Å². The topological polar surface area (TPSA) is 111 Å². The van der Waals surface area contributed by atoms with Gasteiger partial charge in [-0.1, -0.05) is 35.9 Å². The monoisotopic (exact) mass is 558 g/mol. The maximum absolute atomic E-state index is 13.1. The second-order valence-corrected chi connectivity index (χ2v) is 11.1. The summed E-state index contributed by atoms with van der Waals surface area (Å²) in [7, 11) is -1.18. The fourth-order valence-corrected chi connectivity index (χ4v) is 5.79. The van der Waals surface area contributed by atoms with Gasteiger partial charge in [-0.25, -0.2) is 13.2 Å². The molecular formula is C28H31ClN2O6S. The van der Waals surface area contributed by atoms with Gasteiger partial charge in [0.1, 0.15) is 0 Å². The van der Waals surface area contributed by atoms with Crippen LogP contribution in [0, 0.1) is 27.7 Å². The van der Waals surface area contributed by atoms with E-state index < -0.39 is 27.9 Å². The van der Waals surface area contributed by atoms with Crippen molar-refractivity contribution in [3.05, 3.63) is 81.4 Å². The summed E-state index contributed by atoms with van der Waals surface area (Å²) in [4.78, 5) is 25.1. The SMILES string of the molecule is COC[C@H](NC(=O)c1c(C)cc(-c2cccc(NS(=O)(=O)c3cc(C)c(Cl)cc3C)c2)cc1C)C(=O)OC. The van der Waals surface area contributed by atoms with E-state index in [9.17, 15) is 18.0 Å². The van der Waals surface area contributed by atoms with Crippen LogP contribution in [0.4, 0.5) is 5.69 Å². The number of halogens is 1. The Kier molecular flexibility index (Phi) is 9.19. The lowest BCUT2D eigenvalue weighted by molar-refractivity contribution is -0.144. The number of benzene rings is 3. The number of methoxy groups -OCH3 is 2. The minimum absolute atomic E-state index is 0.0214. The quantitative estimate of drug-likeness (QED) is 0.359. The number of amides is 1. The highest BCUT2D eigenvalue weighted by molar-refractivity contribution is 7.92. The van der Waals surface area contributed by atoms with E-state index >= 15 is 0 Å². The summed E-state index contributed by atoms with van der Waals surface area (Å²) in [6, 6.07) is 12.9. The van der Waals surface area contributed by atoms with Crippen molar-refractivity contribution >= 4 is 39.2 Å². The molecule has 0 unspecified atom stereocenters. The zero-order chi connectivity index (χ0) is 28.2. The van der Waals surface area contributed by atoms with Gasteiger partial charge in [0, 0.05) is 23.4 Å². The third kappa shape index (κ3) is 6.53. The van der Waals surface area contributed by atoms with E-state index in [1.165, 1.54) is 14.2 Å². The Morgan fingerprint density at radius 2 is 1.55 bits per heavy atom. The van der Waals surface area contributed by atoms with Gasteiger partial charge in [-0.05, 0) is 85.3 Å². The molecule has 1 atom stereocenters. The molecule has 0 heterocycles. The Hall–Kier alpha value is -3.40. The van der Waals surface area contributed by atoms with E-state index in [1.807, 2.05) is 18.2 Å². The first-order valence-corrected chi connectivity index (χ1v) is 13.6. The lowest BCUT2D eigenvalue weighted by Crippen LogP contribution is -2.44. The highest BCUT2D eigenvalue weighted by Crippen LogP contribution is 2.30. The van der Waals surface area contributed by atoms with Gasteiger partial charge in [-0.3, -0.25) is 9.52 Å². The minimum atomic E-state index is -3.85. The molecule has 0 aromatic heterocycles. The first-order valence-electron chi connectivity index (χ1n) is 11.8. The van der Waals surface area contributed by atoms with E-state index in [0.29, 0.717) is 38.5 Å². The molecule has 0 radical (unpaired) electrons. The predicted octanol–water partition coefficient (Wildman–Crippen LogP) is 4.96. The largest absolute Gasteiger partial charge is 0.467 e. The molecule has 0 aliphatic heterocycles. The Morgan fingerprint density at radius 1 is 0.895 bits per heavy atom. The Labute approximate surface area is 228 Å². The molecule has 3 aromatic carbocycles. The van der Waals surface area contributed by atoms with Crippen molar-refractivity contribution in [3.8, 4) is 11.1 Å². The van der Waals surface area contributed by atoms with Crippen LogP contribution in [0.2, 0.25) is 5.02 Å². The number of carbonyl (C=O) groups excluding carboxylic acids is 2. The van der Waals surface area contributed by atoms with Crippen molar-refractivity contribution in [2.24, 2.45) is 0 Å². The van der Waals surface area contributed by atoms with Crippen LogP contribution in [0.5, 0.6) is 0 Å². The van der Waals surface area contributed by atoms with E-state index in [-0.39, 0.29) is 11.5 Å². The van der Waals surface area contributed by atoms with Crippen molar-refractivity contribution in [2.45, 2.75) is 38.6 Å². The molecule has 0 bridgehead atoms. The third-order valence-electron chi connectivity index (χ3n) is 6.08. The molecule has 2 N–H and O–H groups in total. The second kappa shape index (κ2) is 12.0. The fraction of sp³-hybridized carbons (Fsp3) is 0.286. The molecule has 0 aliphatic rings. The number of nitrogens with one attached hydrogen (secondary N) is 2. The summed E-state index contributed by atoms with van der Waals surface area (Å²) in [6.45, 7) is 7.03. The number of hydrogen-bond acceptors (Lipinski definition) is 6. The highest BCUT2D eigenvalue weighted by atomic mass is 35.5. The maximum Gasteiger partial charge on any atom is 0.330 e. The van der Waals surface area contributed by atoms with Crippen LogP contribution in [0.15, 0.2) is 53.4 Å². The van der Waals surface area contributed by atoms with Gasteiger partial charge in [0.25, 0.3) is 15.9 Å². The summed E-state index contributed by atoms with van der Waals surface area (Å²) in [5.41, 5.74) is 4.99. The third-order valence-corrected chi connectivity index (χ3v) is 8.01. The van der Waals surface area contributed by atoms with Crippen molar-refractivity contribution in [3.63, 3.8) is 0 Å². The molecule has 202 valence electrons. The zero-order valence-corrected chi connectivity index (χ0v) is 23.7. The van der Waals surface area contributed by atoms with Gasteiger partial charge < -0.3 is 14.8 Å². The van der Waals surface area contributed by atoms with Crippen LogP contribution in [0.1, 0.15) is 32.6 Å². The Balaban J connectivity index is 1.90. The number of hydrogen-bond donors (Lipinski definition) is 2. The summed E-state index contributed by atoms with van der Waals surface area (Å²) in [5, 5.41) is 3.17. The van der Waals surface area contributed by atoms with Crippen LogP contribution in [0.3, 0.4) is 0 Å². The number of rotatable bonds is 9. The smallest absolute Gasteiger partial charge is 0.330 e. The van der Waals surface area contributed by atoms with Gasteiger partial charge in [0.05, 0.1) is 18.6 Å². The van der Waals surface area contributed by atoms with E-state index in [0.717, 1.165) is 11.1 Å². The molecule has 38 heavy (non-hydrogen) atoms. The molecule has 1 amide bonds. The number of ether oxygens (including phenoxy) is 2. The second-order valence-electron chi connectivity index (χ2n) is 9.04. The van der Waals surface area contributed by atoms with Crippen LogP contribution in [-0.2, 0) is 24.3 Å². The fourth-order valence-electron chi connectivity index (χ4n) is 4.21. The lowest BCUT2D eigenvalue weighted by Gasteiger charge is -2.18. The molecule has 0 fully saturated rings. The van der Waals surface area contributed by atoms with Crippen molar-refractivity contribution in [2.75, 3.05) is 25.5 Å². The van der Waals surface area contributed by atoms with Crippen LogP contribution in [-0.4, -0.2) is 47.2 Å². The first-order chi connectivity index (χ1) is 17.9. The average Bonchev–Trinajstić information content (AvgIpc) is 2.84. The van der Waals surface area contributed by atoms with Crippen LogP contribution < -0.4 is 10.0 Å². The molecule has 0 aliphatic carbocycles. The number of esters is 1. The molecule has 3 rings (SSSR count). The molecule has 0 saturated carbocycles. The summed E-state index contributed by atoms with van der Waals surface area (Å²) in [5.74, 6) is -1.02. The number of aryl methyl sites for hydroxylation is 4. The number of carbonyl (C=O) groups is 2. The van der Waals surface area contributed by atoms with E-state index in [2.05, 4.69) is 10.0 Å². The van der Waals surface area contributed by atoms with Crippen LogP contribution in [0.25, 0.3) is 11.1 Å². The van der Waals surface area contributed by atoms with Gasteiger partial charge in [-0.15, -0.1) is 0 Å². The molecule has 3 aromatic rings. The van der Waals surface area contributed by atoms with E-state index in [4.69, 9.17) is 21.1 Å². The molecule has 0 saturated heterocycles. The van der Waals surface area contributed by atoms with E-state index in [1.54, 1.807) is 58.0 Å². The normalized spacial score (nSPS) is 12.1. The Morgan fingerprint density at radius 3 is 2.16 bits per heavy atom.